The number of carboxylic acid groups (broad SMARTS) is 1. The summed E-state index contributed by atoms with van der Waals surface area (Å²) in [4.78, 5) is 38.7. The molecule has 22 heavy (non-hydrogen) atoms. The minimum absolute atomic E-state index is 0.0942. The van der Waals surface area contributed by atoms with E-state index in [2.05, 4.69) is 15.6 Å². The molecule has 3 N–H and O–H groups in total. The molecule has 0 saturated carbocycles. The predicted molar refractivity (Wildman–Crippen MR) is 83.9 cm³/mol. The molecular weight excluding hydrogens is 306 g/mol. The van der Waals surface area contributed by atoms with Crippen molar-refractivity contribution in [3.8, 4) is 0 Å². The molecule has 0 aliphatic carbocycles. The van der Waals surface area contributed by atoms with Gasteiger partial charge in [-0.3, -0.25) is 9.59 Å². The number of nitrogens with zero attached hydrogens (tertiary/aromatic N) is 1. The van der Waals surface area contributed by atoms with E-state index in [0.29, 0.717) is 11.6 Å². The largest absolute Gasteiger partial charge is 0.480 e. The third-order valence-electron chi connectivity index (χ3n) is 2.80. The quantitative estimate of drug-likeness (QED) is 0.709. The Hall–Kier alpha value is -1.96. The van der Waals surface area contributed by atoms with Gasteiger partial charge < -0.3 is 15.7 Å². The average Bonchev–Trinajstić information content (AvgIpc) is 2.82. The van der Waals surface area contributed by atoms with Gasteiger partial charge in [0.1, 0.15) is 11.7 Å². The SMILES string of the molecule is CC(C)CC(=O)Nc1nc(C(=O)NC(C(=O)O)C(C)C)cs1. The Labute approximate surface area is 133 Å². The van der Waals surface area contributed by atoms with E-state index in [1.165, 1.54) is 5.38 Å². The highest BCUT2D eigenvalue weighted by atomic mass is 32.1. The lowest BCUT2D eigenvalue weighted by Gasteiger charge is -2.16. The van der Waals surface area contributed by atoms with Gasteiger partial charge in [0.25, 0.3) is 5.91 Å². The zero-order valence-electron chi connectivity index (χ0n) is 13.0. The van der Waals surface area contributed by atoms with E-state index in [9.17, 15) is 14.4 Å². The Bertz CT molecular complexity index is 554. The standard InChI is InChI=1S/C14H21N3O4S/c1-7(2)5-10(18)16-14-15-9(6-22-14)12(19)17-11(8(3)4)13(20)21/h6-8,11H,5H2,1-4H3,(H,17,19)(H,20,21)(H,15,16,18). The summed E-state index contributed by atoms with van der Waals surface area (Å²) in [5, 5.41) is 15.9. The van der Waals surface area contributed by atoms with E-state index in [4.69, 9.17) is 5.11 Å². The van der Waals surface area contributed by atoms with Crippen molar-refractivity contribution in [1.29, 1.82) is 0 Å². The lowest BCUT2D eigenvalue weighted by Crippen LogP contribution is -2.44. The van der Waals surface area contributed by atoms with Crippen LogP contribution < -0.4 is 10.6 Å². The summed E-state index contributed by atoms with van der Waals surface area (Å²) in [6.45, 7) is 7.27. The first kappa shape index (κ1) is 18.1. The molecular formula is C14H21N3O4S. The van der Waals surface area contributed by atoms with Crippen molar-refractivity contribution in [2.24, 2.45) is 11.8 Å². The van der Waals surface area contributed by atoms with E-state index in [1.54, 1.807) is 13.8 Å². The van der Waals surface area contributed by atoms with Gasteiger partial charge >= 0.3 is 5.97 Å². The Kier molecular flexibility index (Phi) is 6.48. The van der Waals surface area contributed by atoms with Crippen LogP contribution in [0.5, 0.6) is 0 Å². The molecule has 8 heteroatoms. The van der Waals surface area contributed by atoms with Crippen LogP contribution in [0.1, 0.15) is 44.6 Å². The average molecular weight is 327 g/mol. The van der Waals surface area contributed by atoms with E-state index in [0.717, 1.165) is 11.3 Å². The van der Waals surface area contributed by atoms with Crippen molar-refractivity contribution in [2.75, 3.05) is 5.32 Å². The van der Waals surface area contributed by atoms with Crippen LogP contribution in [0, 0.1) is 11.8 Å². The first-order valence-corrected chi connectivity index (χ1v) is 7.87. The fraction of sp³-hybridized carbons (Fsp3) is 0.571. The number of rotatable bonds is 7. The lowest BCUT2D eigenvalue weighted by atomic mass is 10.0. The normalized spacial score (nSPS) is 12.3. The number of aliphatic carboxylic acids is 1. The maximum atomic E-state index is 12.0. The van der Waals surface area contributed by atoms with Crippen LogP contribution in [0.25, 0.3) is 0 Å². The van der Waals surface area contributed by atoms with E-state index in [-0.39, 0.29) is 23.4 Å². The second-order valence-corrected chi connectivity index (χ2v) is 6.58. The molecule has 0 aliphatic rings. The van der Waals surface area contributed by atoms with Gasteiger partial charge in [-0.25, -0.2) is 9.78 Å². The summed E-state index contributed by atoms with van der Waals surface area (Å²) in [7, 11) is 0. The Balaban J connectivity index is 2.69. The van der Waals surface area contributed by atoms with Gasteiger partial charge in [-0.05, 0) is 11.8 Å². The van der Waals surface area contributed by atoms with Crippen LogP contribution in [0.4, 0.5) is 5.13 Å². The highest BCUT2D eigenvalue weighted by Gasteiger charge is 2.25. The molecule has 0 radical (unpaired) electrons. The van der Waals surface area contributed by atoms with Crippen molar-refractivity contribution in [1.82, 2.24) is 10.3 Å². The van der Waals surface area contributed by atoms with Crippen molar-refractivity contribution in [3.05, 3.63) is 11.1 Å². The summed E-state index contributed by atoms with van der Waals surface area (Å²) < 4.78 is 0. The molecule has 1 heterocycles. The first-order valence-electron chi connectivity index (χ1n) is 6.99. The summed E-state index contributed by atoms with van der Waals surface area (Å²) >= 11 is 1.13. The number of thiazole rings is 1. The number of anilines is 1. The predicted octanol–water partition coefficient (Wildman–Crippen LogP) is 1.97. The third kappa shape index (κ3) is 5.44. The summed E-state index contributed by atoms with van der Waals surface area (Å²) in [6.07, 6.45) is 0.371. The molecule has 0 fully saturated rings. The van der Waals surface area contributed by atoms with E-state index < -0.39 is 17.9 Å². The monoisotopic (exact) mass is 327 g/mol. The summed E-state index contributed by atoms with van der Waals surface area (Å²) in [5.41, 5.74) is 0.0942. The van der Waals surface area contributed by atoms with Crippen molar-refractivity contribution < 1.29 is 19.5 Å². The molecule has 0 spiro atoms. The van der Waals surface area contributed by atoms with Crippen LogP contribution in [0.15, 0.2) is 5.38 Å². The Morgan fingerprint density at radius 1 is 1.27 bits per heavy atom. The number of aromatic nitrogens is 1. The fourth-order valence-electron chi connectivity index (χ4n) is 1.71. The molecule has 1 rings (SSSR count). The molecule has 2 amide bonds. The summed E-state index contributed by atoms with van der Waals surface area (Å²) in [6, 6.07) is -0.979. The van der Waals surface area contributed by atoms with Crippen molar-refractivity contribution in [3.63, 3.8) is 0 Å². The van der Waals surface area contributed by atoms with Crippen LogP contribution in [-0.4, -0.2) is 33.9 Å². The maximum absolute atomic E-state index is 12.0. The van der Waals surface area contributed by atoms with Crippen molar-refractivity contribution >= 4 is 34.3 Å². The molecule has 1 aromatic rings. The van der Waals surface area contributed by atoms with Gasteiger partial charge in [-0.15, -0.1) is 11.3 Å². The van der Waals surface area contributed by atoms with Crippen LogP contribution >= 0.6 is 11.3 Å². The number of amides is 2. The minimum Gasteiger partial charge on any atom is -0.480 e. The zero-order chi connectivity index (χ0) is 16.9. The Morgan fingerprint density at radius 3 is 2.41 bits per heavy atom. The highest BCUT2D eigenvalue weighted by molar-refractivity contribution is 7.14. The molecule has 1 atom stereocenters. The van der Waals surface area contributed by atoms with Crippen LogP contribution in [0.3, 0.4) is 0 Å². The van der Waals surface area contributed by atoms with Gasteiger partial charge in [0.2, 0.25) is 5.91 Å². The number of nitrogens with one attached hydrogen (secondary N) is 2. The molecule has 1 unspecified atom stereocenters. The number of carbonyl (C=O) groups is 3. The number of carboxylic acids is 1. The number of carbonyl (C=O) groups excluding carboxylic acids is 2. The molecule has 0 aromatic carbocycles. The smallest absolute Gasteiger partial charge is 0.326 e. The summed E-state index contributed by atoms with van der Waals surface area (Å²) in [5.74, 6) is -1.84. The van der Waals surface area contributed by atoms with Gasteiger partial charge in [-0.1, -0.05) is 27.7 Å². The second kappa shape index (κ2) is 7.88. The van der Waals surface area contributed by atoms with Crippen LogP contribution in [-0.2, 0) is 9.59 Å². The number of hydrogen-bond acceptors (Lipinski definition) is 5. The van der Waals surface area contributed by atoms with Gasteiger partial charge in [0.15, 0.2) is 5.13 Å². The van der Waals surface area contributed by atoms with Crippen LogP contribution in [0.2, 0.25) is 0 Å². The third-order valence-corrected chi connectivity index (χ3v) is 3.55. The van der Waals surface area contributed by atoms with Gasteiger partial charge in [-0.2, -0.15) is 0 Å². The molecule has 0 saturated heterocycles. The first-order chi connectivity index (χ1) is 10.2. The molecule has 1 aromatic heterocycles. The molecule has 0 bridgehead atoms. The van der Waals surface area contributed by atoms with Crippen molar-refractivity contribution in [2.45, 2.75) is 40.2 Å². The minimum atomic E-state index is -1.09. The Morgan fingerprint density at radius 2 is 1.91 bits per heavy atom. The maximum Gasteiger partial charge on any atom is 0.326 e. The fourth-order valence-corrected chi connectivity index (χ4v) is 2.41. The molecule has 0 aliphatic heterocycles. The van der Waals surface area contributed by atoms with Gasteiger partial charge in [0.05, 0.1) is 0 Å². The molecule has 122 valence electrons. The topological polar surface area (TPSA) is 108 Å². The zero-order valence-corrected chi connectivity index (χ0v) is 13.9. The second-order valence-electron chi connectivity index (χ2n) is 5.72. The number of hydrogen-bond donors (Lipinski definition) is 3. The molecule has 7 nitrogen and oxygen atoms in total. The highest BCUT2D eigenvalue weighted by Crippen LogP contribution is 2.17. The lowest BCUT2D eigenvalue weighted by molar-refractivity contribution is -0.140. The van der Waals surface area contributed by atoms with Gasteiger partial charge in [0, 0.05) is 11.8 Å². The van der Waals surface area contributed by atoms with E-state index >= 15 is 0 Å². The van der Waals surface area contributed by atoms with E-state index in [1.807, 2.05) is 13.8 Å².